The second-order valence-electron chi connectivity index (χ2n) is 4.50. The maximum atomic E-state index is 12.3. The van der Waals surface area contributed by atoms with Crippen LogP contribution in [0.1, 0.15) is 18.2 Å². The summed E-state index contributed by atoms with van der Waals surface area (Å²) < 4.78 is 4.64. The Labute approximate surface area is 126 Å². The van der Waals surface area contributed by atoms with E-state index < -0.39 is 0 Å². The summed E-state index contributed by atoms with van der Waals surface area (Å²) in [6.07, 6.45) is 2.50. The molecule has 0 aliphatic rings. The van der Waals surface area contributed by atoms with Crippen LogP contribution < -0.4 is 5.32 Å². The summed E-state index contributed by atoms with van der Waals surface area (Å²) >= 11 is 1.54. The van der Waals surface area contributed by atoms with E-state index in [0.717, 1.165) is 11.3 Å². The molecular weight excluding hydrogens is 290 g/mol. The van der Waals surface area contributed by atoms with Crippen LogP contribution in [0.3, 0.4) is 0 Å². The average Bonchev–Trinajstić information content (AvgIpc) is 3.11. The van der Waals surface area contributed by atoms with E-state index in [2.05, 4.69) is 15.0 Å². The van der Waals surface area contributed by atoms with E-state index in [0.29, 0.717) is 18.8 Å². The fraction of sp³-hybridized carbons (Fsp3) is 0.357. The number of nitrogens with zero attached hydrogens (tertiary/aromatic N) is 2. The average molecular weight is 307 g/mol. The molecule has 112 valence electrons. The van der Waals surface area contributed by atoms with Crippen molar-refractivity contribution >= 4 is 29.0 Å². The van der Waals surface area contributed by atoms with Gasteiger partial charge in [-0.15, -0.1) is 11.3 Å². The van der Waals surface area contributed by atoms with Crippen LogP contribution in [0, 0.1) is 0 Å². The molecule has 2 aromatic rings. The lowest BCUT2D eigenvalue weighted by Crippen LogP contribution is -2.39. The van der Waals surface area contributed by atoms with Gasteiger partial charge in [0.1, 0.15) is 6.26 Å². The molecule has 0 radical (unpaired) electrons. The van der Waals surface area contributed by atoms with Gasteiger partial charge in [0.25, 0.3) is 0 Å². The van der Waals surface area contributed by atoms with Crippen LogP contribution >= 0.6 is 11.3 Å². The van der Waals surface area contributed by atoms with Crippen LogP contribution in [-0.2, 0) is 16.0 Å². The van der Waals surface area contributed by atoms with Gasteiger partial charge in [-0.25, -0.2) is 0 Å². The number of carbonyl (C=O) groups excluding carboxylic acids is 2. The molecule has 0 aromatic carbocycles. The van der Waals surface area contributed by atoms with Crippen molar-refractivity contribution in [2.75, 3.05) is 18.4 Å². The highest BCUT2D eigenvalue weighted by Gasteiger charge is 2.17. The van der Waals surface area contributed by atoms with E-state index >= 15 is 0 Å². The quantitative estimate of drug-likeness (QED) is 0.850. The summed E-state index contributed by atoms with van der Waals surface area (Å²) in [5.74, 6) is 0.0219. The van der Waals surface area contributed by atoms with Crippen molar-refractivity contribution in [2.24, 2.45) is 0 Å². The Morgan fingerprint density at radius 3 is 2.90 bits per heavy atom. The SMILES string of the molecule is CCCN(CC(=O)Nc1ccon1)C(=O)Cc1cccs1. The van der Waals surface area contributed by atoms with E-state index in [1.807, 2.05) is 24.4 Å². The smallest absolute Gasteiger partial charge is 0.245 e. The Kier molecular flexibility index (Phi) is 5.51. The van der Waals surface area contributed by atoms with Crippen LogP contribution in [0.4, 0.5) is 5.82 Å². The Bertz CT molecular complexity index is 566. The lowest BCUT2D eigenvalue weighted by Gasteiger charge is -2.21. The van der Waals surface area contributed by atoms with Crippen molar-refractivity contribution in [3.63, 3.8) is 0 Å². The molecule has 0 bridgehead atoms. The molecule has 0 atom stereocenters. The summed E-state index contributed by atoms with van der Waals surface area (Å²) in [5.41, 5.74) is 0. The maximum Gasteiger partial charge on any atom is 0.245 e. The fourth-order valence-corrected chi connectivity index (χ4v) is 2.56. The number of carbonyl (C=O) groups is 2. The molecule has 2 rings (SSSR count). The first-order chi connectivity index (χ1) is 10.2. The minimum atomic E-state index is -0.281. The predicted octanol–water partition coefficient (Wildman–Crippen LogP) is 2.16. The molecule has 0 aliphatic carbocycles. The van der Waals surface area contributed by atoms with Gasteiger partial charge in [-0.2, -0.15) is 0 Å². The van der Waals surface area contributed by atoms with E-state index in [1.165, 1.54) is 17.6 Å². The van der Waals surface area contributed by atoms with Gasteiger partial charge in [0.15, 0.2) is 5.82 Å². The molecule has 21 heavy (non-hydrogen) atoms. The second-order valence-corrected chi connectivity index (χ2v) is 5.54. The molecular formula is C14H17N3O3S. The highest BCUT2D eigenvalue weighted by atomic mass is 32.1. The maximum absolute atomic E-state index is 12.3. The molecule has 0 fully saturated rings. The Morgan fingerprint density at radius 1 is 1.43 bits per heavy atom. The molecule has 0 spiro atoms. The molecule has 0 unspecified atom stereocenters. The minimum absolute atomic E-state index is 0.0188. The van der Waals surface area contributed by atoms with Gasteiger partial charge >= 0.3 is 0 Å². The van der Waals surface area contributed by atoms with Gasteiger partial charge in [-0.1, -0.05) is 18.1 Å². The number of anilines is 1. The number of hydrogen-bond acceptors (Lipinski definition) is 5. The highest BCUT2D eigenvalue weighted by Crippen LogP contribution is 2.11. The summed E-state index contributed by atoms with van der Waals surface area (Å²) in [6, 6.07) is 5.38. The number of nitrogens with one attached hydrogen (secondary N) is 1. The van der Waals surface area contributed by atoms with Crippen molar-refractivity contribution in [1.82, 2.24) is 10.1 Å². The third-order valence-corrected chi connectivity index (χ3v) is 3.67. The fourth-order valence-electron chi connectivity index (χ4n) is 1.87. The topological polar surface area (TPSA) is 75.4 Å². The number of hydrogen-bond donors (Lipinski definition) is 1. The highest BCUT2D eigenvalue weighted by molar-refractivity contribution is 7.10. The third-order valence-electron chi connectivity index (χ3n) is 2.79. The van der Waals surface area contributed by atoms with Crippen LogP contribution in [-0.4, -0.2) is 35.0 Å². The van der Waals surface area contributed by atoms with E-state index in [-0.39, 0.29) is 18.4 Å². The molecule has 2 aromatic heterocycles. The monoisotopic (exact) mass is 307 g/mol. The van der Waals surface area contributed by atoms with Crippen molar-refractivity contribution in [1.29, 1.82) is 0 Å². The van der Waals surface area contributed by atoms with Gasteiger partial charge in [-0.05, 0) is 17.9 Å². The first kappa shape index (κ1) is 15.2. The second kappa shape index (κ2) is 7.58. The van der Waals surface area contributed by atoms with Gasteiger partial charge in [0, 0.05) is 17.5 Å². The zero-order valence-electron chi connectivity index (χ0n) is 11.7. The molecule has 2 heterocycles. The summed E-state index contributed by atoms with van der Waals surface area (Å²) in [6.45, 7) is 2.54. The first-order valence-corrected chi connectivity index (χ1v) is 7.57. The van der Waals surface area contributed by atoms with Gasteiger partial charge < -0.3 is 14.7 Å². The zero-order valence-corrected chi connectivity index (χ0v) is 12.6. The number of aromatic nitrogens is 1. The van der Waals surface area contributed by atoms with E-state index in [1.54, 1.807) is 11.0 Å². The molecule has 2 amide bonds. The van der Waals surface area contributed by atoms with Gasteiger partial charge in [0.05, 0.1) is 13.0 Å². The minimum Gasteiger partial charge on any atom is -0.363 e. The molecule has 6 nitrogen and oxygen atoms in total. The molecule has 1 N–H and O–H groups in total. The largest absolute Gasteiger partial charge is 0.363 e. The van der Waals surface area contributed by atoms with Gasteiger partial charge in [-0.3, -0.25) is 9.59 Å². The zero-order chi connectivity index (χ0) is 15.1. The molecule has 0 aliphatic heterocycles. The third kappa shape index (κ3) is 4.71. The van der Waals surface area contributed by atoms with Crippen LogP contribution in [0.5, 0.6) is 0 Å². The molecule has 0 saturated carbocycles. The van der Waals surface area contributed by atoms with Crippen molar-refractivity contribution < 1.29 is 14.1 Å². The Hall–Kier alpha value is -2.15. The van der Waals surface area contributed by atoms with Gasteiger partial charge in [0.2, 0.25) is 11.8 Å². The first-order valence-electron chi connectivity index (χ1n) is 6.69. The standard InChI is InChI=1S/C14H17N3O3S/c1-2-6-17(14(19)9-11-4-3-8-21-11)10-13(18)15-12-5-7-20-16-12/h3-5,7-8H,2,6,9-10H2,1H3,(H,15,16,18). The van der Waals surface area contributed by atoms with Crippen LogP contribution in [0.2, 0.25) is 0 Å². The predicted molar refractivity (Wildman–Crippen MR) is 80.0 cm³/mol. The van der Waals surface area contributed by atoms with E-state index in [4.69, 9.17) is 0 Å². The van der Waals surface area contributed by atoms with Crippen LogP contribution in [0.15, 0.2) is 34.4 Å². The van der Waals surface area contributed by atoms with Crippen LogP contribution in [0.25, 0.3) is 0 Å². The molecule has 0 saturated heterocycles. The summed E-state index contributed by atoms with van der Waals surface area (Å²) in [5, 5.41) is 8.13. The van der Waals surface area contributed by atoms with Crippen molar-refractivity contribution in [2.45, 2.75) is 19.8 Å². The number of thiophene rings is 1. The Morgan fingerprint density at radius 2 is 2.29 bits per heavy atom. The normalized spacial score (nSPS) is 10.3. The molecule has 7 heteroatoms. The number of amides is 2. The summed E-state index contributed by atoms with van der Waals surface area (Å²) in [4.78, 5) is 26.7. The lowest BCUT2D eigenvalue weighted by molar-refractivity contribution is -0.134. The Balaban J connectivity index is 1.91. The summed E-state index contributed by atoms with van der Waals surface area (Å²) in [7, 11) is 0. The lowest BCUT2D eigenvalue weighted by atomic mass is 10.3. The van der Waals surface area contributed by atoms with Crippen molar-refractivity contribution in [3.05, 3.63) is 34.7 Å². The van der Waals surface area contributed by atoms with Crippen molar-refractivity contribution in [3.8, 4) is 0 Å². The number of rotatable bonds is 7. The van der Waals surface area contributed by atoms with E-state index in [9.17, 15) is 9.59 Å².